The third-order valence-corrected chi connectivity index (χ3v) is 7.20. The van der Waals surface area contributed by atoms with Crippen molar-refractivity contribution in [3.05, 3.63) is 71.9 Å². The summed E-state index contributed by atoms with van der Waals surface area (Å²) in [6.45, 7) is 2.26. The minimum absolute atomic E-state index is 0.125. The van der Waals surface area contributed by atoms with Crippen molar-refractivity contribution >= 4 is 34.1 Å². The molecule has 30 heavy (non-hydrogen) atoms. The van der Waals surface area contributed by atoms with E-state index in [1.54, 1.807) is 11.8 Å². The molecule has 4 nitrogen and oxygen atoms in total. The molecule has 5 heteroatoms. The van der Waals surface area contributed by atoms with Gasteiger partial charge in [-0.05, 0) is 43.0 Å². The number of benzene rings is 2. The van der Waals surface area contributed by atoms with E-state index in [9.17, 15) is 4.79 Å². The van der Waals surface area contributed by atoms with Gasteiger partial charge in [-0.1, -0.05) is 36.4 Å². The summed E-state index contributed by atoms with van der Waals surface area (Å²) in [5.41, 5.74) is 4.54. The molecule has 1 atom stereocenters. The topological polar surface area (TPSA) is 45.3 Å². The van der Waals surface area contributed by atoms with Gasteiger partial charge >= 0.3 is 0 Å². The number of carbonyl (C=O) groups is 1. The average molecular weight is 419 g/mol. The van der Waals surface area contributed by atoms with Gasteiger partial charge in [0.2, 0.25) is 0 Å². The Bertz CT molecular complexity index is 1080. The molecule has 5 rings (SSSR count). The molecular formula is C25H26N2O2S. The maximum atomic E-state index is 13.3. The fourth-order valence-corrected chi connectivity index (χ4v) is 5.45. The molecule has 0 radical (unpaired) electrons. The normalized spacial score (nSPS) is 19.3. The molecule has 3 aromatic rings. The molecule has 3 heterocycles. The summed E-state index contributed by atoms with van der Waals surface area (Å²) in [5, 5.41) is 1.25. The van der Waals surface area contributed by atoms with Crippen LogP contribution in [-0.2, 0) is 4.74 Å². The zero-order valence-electron chi connectivity index (χ0n) is 17.0. The van der Waals surface area contributed by atoms with Gasteiger partial charge in [-0.2, -0.15) is 0 Å². The highest BCUT2D eigenvalue weighted by Gasteiger charge is 2.23. The third-order valence-electron chi connectivity index (χ3n) is 6.00. The fraction of sp³-hybridized carbons (Fsp3) is 0.320. The van der Waals surface area contributed by atoms with Crippen molar-refractivity contribution in [2.45, 2.75) is 30.3 Å². The van der Waals surface area contributed by atoms with Crippen LogP contribution in [0.4, 0.5) is 0 Å². The lowest BCUT2D eigenvalue weighted by atomic mass is 9.98. The lowest BCUT2D eigenvalue weighted by Gasteiger charge is -2.27. The second-order valence-corrected chi connectivity index (χ2v) is 8.98. The van der Waals surface area contributed by atoms with Crippen molar-refractivity contribution in [1.82, 2.24) is 9.88 Å². The first-order valence-corrected chi connectivity index (χ1v) is 11.7. The highest BCUT2D eigenvalue weighted by atomic mass is 32.2. The van der Waals surface area contributed by atoms with Gasteiger partial charge < -0.3 is 14.6 Å². The zero-order valence-corrected chi connectivity index (χ0v) is 17.8. The molecule has 1 N–H and O–H groups in total. The molecular weight excluding hydrogens is 392 g/mol. The number of nitrogens with one attached hydrogen (secondary N) is 1. The summed E-state index contributed by atoms with van der Waals surface area (Å²) in [7, 11) is 0. The van der Waals surface area contributed by atoms with Crippen molar-refractivity contribution in [1.29, 1.82) is 0 Å². The molecule has 0 aliphatic carbocycles. The Balaban J connectivity index is 1.30. The van der Waals surface area contributed by atoms with E-state index in [0.717, 1.165) is 54.1 Å². The number of rotatable bonds is 5. The molecule has 154 valence electrons. The zero-order chi connectivity index (χ0) is 20.3. The van der Waals surface area contributed by atoms with Gasteiger partial charge in [-0.15, -0.1) is 11.8 Å². The Morgan fingerprint density at radius 1 is 1.17 bits per heavy atom. The van der Waals surface area contributed by atoms with Crippen LogP contribution in [0.5, 0.6) is 0 Å². The molecule has 0 unspecified atom stereocenters. The fourth-order valence-electron chi connectivity index (χ4n) is 4.33. The van der Waals surface area contributed by atoms with Gasteiger partial charge in [0.25, 0.3) is 5.91 Å². The lowest BCUT2D eigenvalue weighted by molar-refractivity contribution is 0.0769. The van der Waals surface area contributed by atoms with Crippen molar-refractivity contribution in [2.75, 3.05) is 25.4 Å². The largest absolute Gasteiger partial charge is 0.377 e. The number of hydrogen-bond donors (Lipinski definition) is 1. The van der Waals surface area contributed by atoms with Crippen LogP contribution >= 0.6 is 11.8 Å². The summed E-state index contributed by atoms with van der Waals surface area (Å²) < 4.78 is 5.74. The Kier molecular flexibility index (Phi) is 5.65. The summed E-state index contributed by atoms with van der Waals surface area (Å²) in [6.07, 6.45) is 7.75. The summed E-state index contributed by atoms with van der Waals surface area (Å²) in [4.78, 5) is 19.6. The van der Waals surface area contributed by atoms with E-state index in [0.29, 0.717) is 12.6 Å². The molecule has 2 aliphatic rings. The van der Waals surface area contributed by atoms with Crippen LogP contribution in [0, 0.1) is 0 Å². The molecule has 2 aliphatic heterocycles. The molecule has 1 saturated heterocycles. The van der Waals surface area contributed by atoms with E-state index < -0.39 is 0 Å². The van der Waals surface area contributed by atoms with E-state index in [2.05, 4.69) is 41.5 Å². The molecule has 0 saturated carbocycles. The number of carbonyl (C=O) groups excluding carboxylic acids is 1. The summed E-state index contributed by atoms with van der Waals surface area (Å²) in [6, 6.07) is 16.4. The standard InChI is InChI=1S/C25H26N2O2S/c28-25(21-8-2-4-10-24(21)30-17-19-6-5-15-29-19)27-13-11-18(12-14-27)22-16-26-23-9-3-1-7-20(22)23/h1-4,7-11,16,19,26H,5-6,12-15,17H2/t19-/m0/s1. The number of thioether (sulfide) groups is 1. The highest BCUT2D eigenvalue weighted by Crippen LogP contribution is 2.31. The number of para-hydroxylation sites is 1. The number of aromatic nitrogens is 1. The maximum absolute atomic E-state index is 13.3. The average Bonchev–Trinajstić information content (AvgIpc) is 3.47. The van der Waals surface area contributed by atoms with Crippen LogP contribution in [0.25, 0.3) is 16.5 Å². The van der Waals surface area contributed by atoms with E-state index in [4.69, 9.17) is 4.74 Å². The van der Waals surface area contributed by atoms with Crippen LogP contribution in [0.15, 0.2) is 65.7 Å². The van der Waals surface area contributed by atoms with E-state index in [-0.39, 0.29) is 5.91 Å². The number of aromatic amines is 1. The predicted octanol–water partition coefficient (Wildman–Crippen LogP) is 5.37. The first kappa shape index (κ1) is 19.5. The van der Waals surface area contributed by atoms with Gasteiger partial charge in [-0.25, -0.2) is 0 Å². The lowest BCUT2D eigenvalue weighted by Crippen LogP contribution is -2.35. The molecule has 0 bridgehead atoms. The second-order valence-electron chi connectivity index (χ2n) is 7.92. The minimum atomic E-state index is 0.125. The molecule has 1 amide bonds. The van der Waals surface area contributed by atoms with E-state index >= 15 is 0 Å². The van der Waals surface area contributed by atoms with Crippen LogP contribution < -0.4 is 0 Å². The molecule has 0 spiro atoms. The molecule has 2 aromatic carbocycles. The van der Waals surface area contributed by atoms with E-state index in [1.807, 2.05) is 29.2 Å². The van der Waals surface area contributed by atoms with Crippen molar-refractivity contribution in [3.63, 3.8) is 0 Å². The van der Waals surface area contributed by atoms with Gasteiger partial charge in [0, 0.05) is 53.0 Å². The number of ether oxygens (including phenoxy) is 1. The quantitative estimate of drug-likeness (QED) is 0.567. The van der Waals surface area contributed by atoms with Crippen LogP contribution in [0.1, 0.15) is 35.2 Å². The third kappa shape index (κ3) is 3.92. The maximum Gasteiger partial charge on any atom is 0.255 e. The molecule has 1 fully saturated rings. The Morgan fingerprint density at radius 2 is 2.03 bits per heavy atom. The number of H-pyrrole nitrogens is 1. The van der Waals surface area contributed by atoms with Crippen molar-refractivity contribution in [3.8, 4) is 0 Å². The van der Waals surface area contributed by atoms with Crippen LogP contribution in [-0.4, -0.2) is 47.3 Å². The van der Waals surface area contributed by atoms with Gasteiger partial charge in [0.1, 0.15) is 0 Å². The number of nitrogens with zero attached hydrogens (tertiary/aromatic N) is 1. The first-order valence-electron chi connectivity index (χ1n) is 10.7. The number of fused-ring (bicyclic) bond motifs is 1. The predicted molar refractivity (Wildman–Crippen MR) is 123 cm³/mol. The van der Waals surface area contributed by atoms with Crippen molar-refractivity contribution < 1.29 is 9.53 Å². The SMILES string of the molecule is O=C(c1ccccc1SC[C@@H]1CCCO1)N1CC=C(c2c[nH]c3ccccc23)CC1. The number of amides is 1. The Hall–Kier alpha value is -2.50. The minimum Gasteiger partial charge on any atom is -0.377 e. The van der Waals surface area contributed by atoms with Crippen LogP contribution in [0.3, 0.4) is 0 Å². The summed E-state index contributed by atoms with van der Waals surface area (Å²) >= 11 is 1.74. The first-order chi connectivity index (χ1) is 14.8. The van der Waals surface area contributed by atoms with Gasteiger partial charge in [-0.3, -0.25) is 4.79 Å². The smallest absolute Gasteiger partial charge is 0.255 e. The monoisotopic (exact) mass is 418 g/mol. The van der Waals surface area contributed by atoms with E-state index in [1.165, 1.54) is 16.5 Å². The summed E-state index contributed by atoms with van der Waals surface area (Å²) in [5.74, 6) is 1.04. The second kappa shape index (κ2) is 8.70. The number of hydrogen-bond acceptors (Lipinski definition) is 3. The van der Waals surface area contributed by atoms with Crippen LogP contribution in [0.2, 0.25) is 0 Å². The Labute approximate surface area is 181 Å². The van der Waals surface area contributed by atoms with Gasteiger partial charge in [0.05, 0.1) is 11.7 Å². The molecule has 1 aromatic heterocycles. The Morgan fingerprint density at radius 3 is 2.87 bits per heavy atom. The van der Waals surface area contributed by atoms with Crippen molar-refractivity contribution in [2.24, 2.45) is 0 Å². The van der Waals surface area contributed by atoms with Gasteiger partial charge in [0.15, 0.2) is 0 Å². The highest BCUT2D eigenvalue weighted by molar-refractivity contribution is 7.99.